The molecule has 0 amide bonds. The summed E-state index contributed by atoms with van der Waals surface area (Å²) in [5.74, 6) is 0. The Labute approximate surface area is 161 Å². The molecular weight excluding hydrogens is 328 g/mol. The van der Waals surface area contributed by atoms with Crippen LogP contribution in [0.2, 0.25) is 0 Å². The maximum atomic E-state index is 4.44. The molecule has 27 heavy (non-hydrogen) atoms. The minimum absolute atomic E-state index is 0.860. The average Bonchev–Trinajstić information content (AvgIpc) is 3.01. The first-order valence-electron chi connectivity index (χ1n) is 9.84. The van der Waals surface area contributed by atoms with Crippen molar-refractivity contribution in [2.45, 2.75) is 39.7 Å². The molecule has 2 heterocycles. The molecule has 0 aliphatic rings. The maximum absolute atomic E-state index is 4.44. The zero-order chi connectivity index (χ0) is 18.6. The molecule has 2 aromatic heterocycles. The molecule has 0 aliphatic carbocycles. The van der Waals surface area contributed by atoms with Gasteiger partial charge >= 0.3 is 0 Å². The molecule has 2 nitrogen and oxygen atoms in total. The van der Waals surface area contributed by atoms with Crippen LogP contribution in [-0.2, 0) is 13.0 Å². The van der Waals surface area contributed by atoms with Crippen LogP contribution in [0.25, 0.3) is 22.2 Å². The van der Waals surface area contributed by atoms with Crippen LogP contribution in [0, 0.1) is 6.92 Å². The van der Waals surface area contributed by atoms with Gasteiger partial charge in [-0.3, -0.25) is 4.98 Å². The largest absolute Gasteiger partial charge is 0.334 e. The van der Waals surface area contributed by atoms with E-state index in [1.807, 2.05) is 12.4 Å². The minimum Gasteiger partial charge on any atom is -0.334 e. The predicted molar refractivity (Wildman–Crippen MR) is 114 cm³/mol. The number of aryl methyl sites for hydroxylation is 2. The number of hydrogen-bond acceptors (Lipinski definition) is 1. The Kier molecular flexibility index (Phi) is 5.06. The standard InChI is InChI=1S/C25H26N2/c1-3-4-13-23-22-14-15-26-17-24(22)27(18-20-10-6-5-7-11-20)25(23)21-12-8-9-19(2)16-21/h5-12,14-17H,3-4,13,18H2,1-2H3. The van der Waals surface area contributed by atoms with Crippen LogP contribution < -0.4 is 0 Å². The topological polar surface area (TPSA) is 17.8 Å². The van der Waals surface area contributed by atoms with Crippen LogP contribution in [-0.4, -0.2) is 9.55 Å². The van der Waals surface area contributed by atoms with Gasteiger partial charge in [-0.1, -0.05) is 67.4 Å². The number of benzene rings is 2. The van der Waals surface area contributed by atoms with E-state index in [4.69, 9.17) is 0 Å². The quantitative estimate of drug-likeness (QED) is 0.391. The smallest absolute Gasteiger partial charge is 0.0677 e. The number of pyridine rings is 1. The molecule has 4 rings (SSSR count). The van der Waals surface area contributed by atoms with E-state index in [1.54, 1.807) is 0 Å². The first-order valence-corrected chi connectivity index (χ1v) is 9.84. The van der Waals surface area contributed by atoms with Crippen LogP contribution in [0.15, 0.2) is 73.1 Å². The van der Waals surface area contributed by atoms with E-state index in [2.05, 4.69) is 84.1 Å². The van der Waals surface area contributed by atoms with Crippen molar-refractivity contribution in [1.29, 1.82) is 0 Å². The lowest BCUT2D eigenvalue weighted by Gasteiger charge is -2.14. The average molecular weight is 354 g/mol. The summed E-state index contributed by atoms with van der Waals surface area (Å²) in [6.07, 6.45) is 7.44. The van der Waals surface area contributed by atoms with Crippen molar-refractivity contribution in [3.8, 4) is 11.3 Å². The van der Waals surface area contributed by atoms with Crippen LogP contribution in [0.1, 0.15) is 36.5 Å². The zero-order valence-corrected chi connectivity index (χ0v) is 16.2. The molecule has 0 saturated heterocycles. The molecule has 0 aliphatic heterocycles. The Bertz CT molecular complexity index is 1040. The molecule has 0 atom stereocenters. The molecule has 136 valence electrons. The minimum atomic E-state index is 0.860. The van der Waals surface area contributed by atoms with E-state index in [9.17, 15) is 0 Å². The second kappa shape index (κ2) is 7.79. The first-order chi connectivity index (χ1) is 13.3. The highest BCUT2D eigenvalue weighted by molar-refractivity contribution is 5.91. The Morgan fingerprint density at radius 1 is 0.963 bits per heavy atom. The van der Waals surface area contributed by atoms with Crippen molar-refractivity contribution in [2.24, 2.45) is 0 Å². The lowest BCUT2D eigenvalue weighted by Crippen LogP contribution is -2.03. The fourth-order valence-corrected chi connectivity index (χ4v) is 3.93. The van der Waals surface area contributed by atoms with Gasteiger partial charge in [0.05, 0.1) is 17.4 Å². The van der Waals surface area contributed by atoms with E-state index in [0.29, 0.717) is 0 Å². The van der Waals surface area contributed by atoms with Gasteiger partial charge in [0.25, 0.3) is 0 Å². The fourth-order valence-electron chi connectivity index (χ4n) is 3.93. The van der Waals surface area contributed by atoms with Gasteiger partial charge in [0, 0.05) is 18.1 Å². The number of unbranched alkanes of at least 4 members (excludes halogenated alkanes) is 1. The van der Waals surface area contributed by atoms with E-state index >= 15 is 0 Å². The second-order valence-electron chi connectivity index (χ2n) is 7.26. The summed E-state index contributed by atoms with van der Waals surface area (Å²) in [6.45, 7) is 5.29. The lowest BCUT2D eigenvalue weighted by molar-refractivity contribution is 0.788. The van der Waals surface area contributed by atoms with E-state index in [0.717, 1.165) is 13.0 Å². The van der Waals surface area contributed by atoms with Crippen molar-refractivity contribution >= 4 is 10.9 Å². The molecule has 0 unspecified atom stereocenters. The number of rotatable bonds is 6. The predicted octanol–water partition coefficient (Wildman–Crippen LogP) is 6.40. The summed E-state index contributed by atoms with van der Waals surface area (Å²) in [5.41, 5.74) is 7.93. The summed E-state index contributed by atoms with van der Waals surface area (Å²) in [6, 6.07) is 21.8. The van der Waals surface area contributed by atoms with Gasteiger partial charge in [-0.25, -0.2) is 0 Å². The molecule has 0 bridgehead atoms. The van der Waals surface area contributed by atoms with Gasteiger partial charge in [0.2, 0.25) is 0 Å². The van der Waals surface area contributed by atoms with Crippen LogP contribution in [0.4, 0.5) is 0 Å². The third kappa shape index (κ3) is 3.52. The van der Waals surface area contributed by atoms with Crippen molar-refractivity contribution < 1.29 is 0 Å². The molecule has 0 saturated carbocycles. The zero-order valence-electron chi connectivity index (χ0n) is 16.2. The van der Waals surface area contributed by atoms with Crippen LogP contribution >= 0.6 is 0 Å². The highest BCUT2D eigenvalue weighted by Crippen LogP contribution is 2.35. The number of aromatic nitrogens is 2. The van der Waals surface area contributed by atoms with Gasteiger partial charge in [-0.05, 0) is 48.6 Å². The summed E-state index contributed by atoms with van der Waals surface area (Å²) < 4.78 is 2.46. The first kappa shape index (κ1) is 17.5. The van der Waals surface area contributed by atoms with E-state index in [-0.39, 0.29) is 0 Å². The monoisotopic (exact) mass is 354 g/mol. The van der Waals surface area contributed by atoms with Crippen molar-refractivity contribution in [2.75, 3.05) is 0 Å². The highest BCUT2D eigenvalue weighted by atomic mass is 15.0. The molecular formula is C25H26N2. The number of nitrogens with zero attached hydrogens (tertiary/aromatic N) is 2. The van der Waals surface area contributed by atoms with Crippen LogP contribution in [0.5, 0.6) is 0 Å². The number of hydrogen-bond donors (Lipinski definition) is 0. The summed E-state index contributed by atoms with van der Waals surface area (Å²) in [7, 11) is 0. The second-order valence-corrected chi connectivity index (χ2v) is 7.26. The third-order valence-corrected chi connectivity index (χ3v) is 5.23. The van der Waals surface area contributed by atoms with Crippen molar-refractivity contribution in [1.82, 2.24) is 9.55 Å². The van der Waals surface area contributed by atoms with E-state index in [1.165, 1.54) is 51.7 Å². The van der Waals surface area contributed by atoms with Gasteiger partial charge < -0.3 is 4.57 Å². The molecule has 0 radical (unpaired) electrons. The maximum Gasteiger partial charge on any atom is 0.0677 e. The van der Waals surface area contributed by atoms with Crippen molar-refractivity contribution in [3.05, 3.63) is 89.7 Å². The Hall–Kier alpha value is -2.87. The normalized spacial score (nSPS) is 11.2. The summed E-state index contributed by atoms with van der Waals surface area (Å²) in [4.78, 5) is 4.44. The Balaban J connectivity index is 1.97. The Morgan fingerprint density at radius 2 is 1.81 bits per heavy atom. The lowest BCUT2D eigenvalue weighted by atomic mass is 9.99. The fraction of sp³-hybridized carbons (Fsp3) is 0.240. The highest BCUT2D eigenvalue weighted by Gasteiger charge is 2.18. The van der Waals surface area contributed by atoms with Crippen molar-refractivity contribution in [3.63, 3.8) is 0 Å². The molecule has 2 aromatic carbocycles. The third-order valence-electron chi connectivity index (χ3n) is 5.23. The summed E-state index contributed by atoms with van der Waals surface area (Å²) in [5, 5.41) is 1.34. The van der Waals surface area contributed by atoms with Gasteiger partial charge in [0.15, 0.2) is 0 Å². The molecule has 0 spiro atoms. The molecule has 0 fully saturated rings. The van der Waals surface area contributed by atoms with Gasteiger partial charge in [-0.2, -0.15) is 0 Å². The van der Waals surface area contributed by atoms with E-state index < -0.39 is 0 Å². The number of fused-ring (bicyclic) bond motifs is 1. The Morgan fingerprint density at radius 3 is 2.59 bits per heavy atom. The van der Waals surface area contributed by atoms with Gasteiger partial charge in [-0.15, -0.1) is 0 Å². The molecule has 4 aromatic rings. The summed E-state index contributed by atoms with van der Waals surface area (Å²) >= 11 is 0. The van der Waals surface area contributed by atoms with Crippen LogP contribution in [0.3, 0.4) is 0 Å². The molecule has 0 N–H and O–H groups in total. The van der Waals surface area contributed by atoms with Gasteiger partial charge in [0.1, 0.15) is 0 Å². The molecule has 2 heteroatoms. The SMILES string of the molecule is CCCCc1c(-c2cccc(C)c2)n(Cc2ccccc2)c2cnccc12.